The van der Waals surface area contributed by atoms with E-state index >= 15 is 0 Å². The number of ether oxygens (including phenoxy) is 1. The number of halogens is 2. The van der Waals surface area contributed by atoms with Gasteiger partial charge in [-0.2, -0.15) is 0 Å². The summed E-state index contributed by atoms with van der Waals surface area (Å²) in [5, 5.41) is 6.85. The highest BCUT2D eigenvalue weighted by Gasteiger charge is 2.24. The maximum absolute atomic E-state index is 13.7. The van der Waals surface area contributed by atoms with Gasteiger partial charge in [0.2, 0.25) is 0 Å². The summed E-state index contributed by atoms with van der Waals surface area (Å²) in [5.41, 5.74) is 0.863. The van der Waals surface area contributed by atoms with Gasteiger partial charge >= 0.3 is 0 Å². The van der Waals surface area contributed by atoms with Crippen LogP contribution in [0.3, 0.4) is 0 Å². The van der Waals surface area contributed by atoms with Crippen molar-refractivity contribution >= 4 is 21.9 Å². The molecule has 1 aromatic carbocycles. The first-order chi connectivity index (χ1) is 13.1. The molecule has 2 N–H and O–H groups in total. The molecule has 150 valence electrons. The molecule has 2 saturated heterocycles. The van der Waals surface area contributed by atoms with Crippen LogP contribution in [0.5, 0.6) is 0 Å². The van der Waals surface area contributed by atoms with Crippen LogP contribution in [0.4, 0.5) is 4.39 Å². The number of nitrogens with zero attached hydrogens (tertiary/aromatic N) is 2. The predicted octanol–water partition coefficient (Wildman–Crippen LogP) is 3.14. The topological polar surface area (TPSA) is 48.9 Å². The molecule has 0 amide bonds. The molecule has 2 aliphatic rings. The van der Waals surface area contributed by atoms with Gasteiger partial charge in [-0.3, -0.25) is 0 Å². The van der Waals surface area contributed by atoms with E-state index in [0.717, 1.165) is 63.8 Å². The summed E-state index contributed by atoms with van der Waals surface area (Å²) < 4.78 is 19.6. The van der Waals surface area contributed by atoms with Crippen molar-refractivity contribution in [1.29, 1.82) is 0 Å². The van der Waals surface area contributed by atoms with Crippen LogP contribution >= 0.6 is 15.9 Å². The van der Waals surface area contributed by atoms with E-state index in [4.69, 9.17) is 4.74 Å². The number of hydrogen-bond donors (Lipinski definition) is 2. The Balaban J connectivity index is 1.48. The lowest BCUT2D eigenvalue weighted by Crippen LogP contribution is -2.49. The molecule has 1 atom stereocenters. The minimum atomic E-state index is -0.249. The first-order valence-corrected chi connectivity index (χ1v) is 10.7. The van der Waals surface area contributed by atoms with Gasteiger partial charge in [0.1, 0.15) is 5.82 Å². The average Bonchev–Trinajstić information content (AvgIpc) is 3.17. The van der Waals surface area contributed by atoms with Gasteiger partial charge in [0.15, 0.2) is 5.96 Å². The number of benzene rings is 1. The van der Waals surface area contributed by atoms with Crippen LogP contribution in [0.2, 0.25) is 0 Å². The molecular formula is C20H30BrFN4O. The first kappa shape index (κ1) is 20.6. The number of aliphatic imine (C=N–C) groups is 1. The van der Waals surface area contributed by atoms with Crippen molar-refractivity contribution < 1.29 is 9.13 Å². The van der Waals surface area contributed by atoms with Gasteiger partial charge in [0.25, 0.3) is 0 Å². The van der Waals surface area contributed by atoms with Crippen LogP contribution in [-0.2, 0) is 11.3 Å². The fraction of sp³-hybridized carbons (Fsp3) is 0.650. The van der Waals surface area contributed by atoms with Crippen LogP contribution in [-0.4, -0.2) is 56.3 Å². The molecule has 3 rings (SSSR count). The normalized spacial score (nSPS) is 22.2. The van der Waals surface area contributed by atoms with E-state index in [0.29, 0.717) is 23.0 Å². The third-order valence-electron chi connectivity index (χ3n) is 5.22. The van der Waals surface area contributed by atoms with E-state index in [1.807, 2.05) is 6.07 Å². The molecule has 0 bridgehead atoms. The van der Waals surface area contributed by atoms with E-state index in [-0.39, 0.29) is 5.82 Å². The maximum atomic E-state index is 13.7. The molecule has 2 heterocycles. The van der Waals surface area contributed by atoms with Crippen molar-refractivity contribution in [3.05, 3.63) is 34.1 Å². The Bertz CT molecular complexity index is 628. The second-order valence-corrected chi connectivity index (χ2v) is 8.25. The summed E-state index contributed by atoms with van der Waals surface area (Å²) in [4.78, 5) is 7.19. The van der Waals surface area contributed by atoms with Gasteiger partial charge in [0.05, 0.1) is 17.6 Å². The summed E-state index contributed by atoms with van der Waals surface area (Å²) in [6.07, 6.45) is 3.43. The van der Waals surface area contributed by atoms with E-state index in [2.05, 4.69) is 43.4 Å². The van der Waals surface area contributed by atoms with E-state index in [1.54, 1.807) is 6.07 Å². The Morgan fingerprint density at radius 3 is 2.81 bits per heavy atom. The minimum Gasteiger partial charge on any atom is -0.381 e. The molecule has 0 aliphatic carbocycles. The van der Waals surface area contributed by atoms with Gasteiger partial charge in [-0.1, -0.05) is 6.07 Å². The lowest BCUT2D eigenvalue weighted by molar-refractivity contribution is 0.150. The van der Waals surface area contributed by atoms with Crippen LogP contribution in [0.15, 0.2) is 27.7 Å². The first-order valence-electron chi connectivity index (χ1n) is 9.93. The largest absolute Gasteiger partial charge is 0.381 e. The molecular weight excluding hydrogens is 411 g/mol. The standard InChI is InChI=1S/C20H30BrFN4O/c1-2-23-20(24-12-15-3-4-18(21)19(22)11-15)25-17-5-8-26(9-6-17)13-16-7-10-27-14-16/h3-4,11,16-17H,2,5-10,12-14H2,1H3,(H2,23,24,25). The Kier molecular flexibility index (Phi) is 7.91. The Hall–Kier alpha value is -1.18. The highest BCUT2D eigenvalue weighted by atomic mass is 79.9. The zero-order valence-electron chi connectivity index (χ0n) is 16.0. The number of rotatable bonds is 6. The zero-order chi connectivity index (χ0) is 19.1. The Morgan fingerprint density at radius 2 is 2.15 bits per heavy atom. The van der Waals surface area contributed by atoms with Crippen LogP contribution in [0.1, 0.15) is 31.7 Å². The third-order valence-corrected chi connectivity index (χ3v) is 5.86. The molecule has 0 spiro atoms. The van der Waals surface area contributed by atoms with Gasteiger partial charge < -0.3 is 20.3 Å². The summed E-state index contributed by atoms with van der Waals surface area (Å²) >= 11 is 3.19. The third kappa shape index (κ3) is 6.43. The second-order valence-electron chi connectivity index (χ2n) is 7.39. The summed E-state index contributed by atoms with van der Waals surface area (Å²) in [6.45, 7) is 8.57. The monoisotopic (exact) mass is 440 g/mol. The molecule has 0 aromatic heterocycles. The van der Waals surface area contributed by atoms with Crippen LogP contribution < -0.4 is 10.6 Å². The molecule has 2 fully saturated rings. The van der Waals surface area contributed by atoms with Crippen LogP contribution in [0, 0.1) is 11.7 Å². The second kappa shape index (κ2) is 10.4. The zero-order valence-corrected chi connectivity index (χ0v) is 17.6. The summed E-state index contributed by atoms with van der Waals surface area (Å²) in [7, 11) is 0. The SMILES string of the molecule is CCNC(=NCc1ccc(Br)c(F)c1)NC1CCN(CC2CCOC2)CC1. The molecule has 0 radical (unpaired) electrons. The molecule has 0 saturated carbocycles. The number of guanidine groups is 1. The summed E-state index contributed by atoms with van der Waals surface area (Å²) in [5.74, 6) is 1.27. The molecule has 7 heteroatoms. The Labute approximate surface area is 169 Å². The van der Waals surface area contributed by atoms with Gasteiger partial charge in [-0.15, -0.1) is 0 Å². The van der Waals surface area contributed by atoms with Crippen molar-refractivity contribution in [2.45, 2.75) is 38.8 Å². The number of hydrogen-bond acceptors (Lipinski definition) is 3. The predicted molar refractivity (Wildman–Crippen MR) is 110 cm³/mol. The average molecular weight is 441 g/mol. The van der Waals surface area contributed by atoms with Crippen molar-refractivity contribution in [3.8, 4) is 0 Å². The highest BCUT2D eigenvalue weighted by Crippen LogP contribution is 2.18. The lowest BCUT2D eigenvalue weighted by Gasteiger charge is -2.34. The molecule has 5 nitrogen and oxygen atoms in total. The minimum absolute atomic E-state index is 0.249. The van der Waals surface area contributed by atoms with E-state index in [1.165, 1.54) is 12.5 Å². The van der Waals surface area contributed by atoms with Crippen molar-refractivity contribution in [2.24, 2.45) is 10.9 Å². The molecule has 1 aromatic rings. The van der Waals surface area contributed by atoms with Gasteiger partial charge in [0, 0.05) is 38.8 Å². The van der Waals surface area contributed by atoms with Crippen LogP contribution in [0.25, 0.3) is 0 Å². The van der Waals surface area contributed by atoms with E-state index in [9.17, 15) is 4.39 Å². The molecule has 2 aliphatic heterocycles. The maximum Gasteiger partial charge on any atom is 0.191 e. The fourth-order valence-corrected chi connectivity index (χ4v) is 3.92. The number of likely N-dealkylation sites (tertiary alicyclic amines) is 1. The molecule has 1 unspecified atom stereocenters. The van der Waals surface area contributed by atoms with Crippen molar-refractivity contribution in [3.63, 3.8) is 0 Å². The highest BCUT2D eigenvalue weighted by molar-refractivity contribution is 9.10. The smallest absolute Gasteiger partial charge is 0.191 e. The summed E-state index contributed by atoms with van der Waals surface area (Å²) in [6, 6.07) is 5.58. The number of piperidine rings is 1. The fourth-order valence-electron chi connectivity index (χ4n) is 3.67. The number of nitrogens with one attached hydrogen (secondary N) is 2. The van der Waals surface area contributed by atoms with E-state index < -0.39 is 0 Å². The van der Waals surface area contributed by atoms with Crippen molar-refractivity contribution in [2.75, 3.05) is 39.4 Å². The quantitative estimate of drug-likeness (QED) is 0.526. The molecule has 27 heavy (non-hydrogen) atoms. The Morgan fingerprint density at radius 1 is 1.33 bits per heavy atom. The van der Waals surface area contributed by atoms with Gasteiger partial charge in [-0.25, -0.2) is 9.38 Å². The lowest BCUT2D eigenvalue weighted by atomic mass is 10.0. The van der Waals surface area contributed by atoms with Crippen molar-refractivity contribution in [1.82, 2.24) is 15.5 Å². The van der Waals surface area contributed by atoms with Gasteiger partial charge in [-0.05, 0) is 65.7 Å².